The fraction of sp³-hybridized carbons (Fsp3) is 1.00. The first-order valence-corrected chi connectivity index (χ1v) is 9.51. The van der Waals surface area contributed by atoms with Crippen LogP contribution >= 0.6 is 27.5 Å². The summed E-state index contributed by atoms with van der Waals surface area (Å²) in [7, 11) is -2.13. The van der Waals surface area contributed by atoms with Gasteiger partial charge >= 0.3 is 8.56 Å². The maximum absolute atomic E-state index is 6.12. The highest BCUT2D eigenvalue weighted by molar-refractivity contribution is 9.10. The quantitative estimate of drug-likeness (QED) is 0.437. The van der Waals surface area contributed by atoms with E-state index >= 15 is 0 Å². The van der Waals surface area contributed by atoms with Gasteiger partial charge in [-0.1, -0.05) is 44.7 Å². The third-order valence-corrected chi connectivity index (χ3v) is 6.95. The molecule has 0 bridgehead atoms. The summed E-state index contributed by atoms with van der Waals surface area (Å²) >= 11 is 9.46. The fourth-order valence-electron chi connectivity index (χ4n) is 1.82. The van der Waals surface area contributed by atoms with Crippen LogP contribution in [-0.4, -0.2) is 19.1 Å². The molecule has 2 nitrogen and oxygen atoms in total. The van der Waals surface area contributed by atoms with Crippen LogP contribution in [0.15, 0.2) is 0 Å². The minimum Gasteiger partial charge on any atom is -0.394 e. The van der Waals surface area contributed by atoms with E-state index in [1.165, 1.54) is 0 Å². The Morgan fingerprint density at radius 3 is 2.19 bits per heavy atom. The minimum absolute atomic E-state index is 0.704. The lowest BCUT2D eigenvalue weighted by molar-refractivity contribution is 0.152. The highest BCUT2D eigenvalue weighted by Crippen LogP contribution is 2.34. The van der Waals surface area contributed by atoms with Crippen LogP contribution < -0.4 is 0 Å². The number of rotatable bonds is 9. The van der Waals surface area contributed by atoms with E-state index in [1.807, 2.05) is 13.8 Å². The van der Waals surface area contributed by atoms with Crippen molar-refractivity contribution in [2.24, 2.45) is 0 Å². The first-order valence-electron chi connectivity index (χ1n) is 6.11. The third-order valence-electron chi connectivity index (χ3n) is 2.31. The average molecular weight is 332 g/mol. The standard InChI is InChI=1S/C11H24BrClO2Si/c1-5-8-10-16(9-6-2,14-7-3)15-11(4,12)13/h5-10H2,1-4H3. The van der Waals surface area contributed by atoms with Gasteiger partial charge in [-0.05, 0) is 41.9 Å². The molecule has 0 aromatic heterocycles. The van der Waals surface area contributed by atoms with Gasteiger partial charge < -0.3 is 8.85 Å². The summed E-state index contributed by atoms with van der Waals surface area (Å²) in [5, 5.41) is 0. The van der Waals surface area contributed by atoms with Crippen molar-refractivity contribution < 1.29 is 8.85 Å². The first-order chi connectivity index (χ1) is 7.39. The van der Waals surface area contributed by atoms with E-state index in [2.05, 4.69) is 29.8 Å². The summed E-state index contributed by atoms with van der Waals surface area (Å²) in [6.45, 7) is 8.89. The number of hydrogen-bond acceptors (Lipinski definition) is 2. The predicted octanol–water partition coefficient (Wildman–Crippen LogP) is 5.00. The average Bonchev–Trinajstić information content (AvgIpc) is 2.13. The van der Waals surface area contributed by atoms with Crippen LogP contribution in [0.3, 0.4) is 0 Å². The first kappa shape index (κ1) is 16.9. The second-order valence-corrected chi connectivity index (χ2v) is 10.1. The van der Waals surface area contributed by atoms with Gasteiger partial charge in [-0.15, -0.1) is 0 Å². The Bertz CT molecular complexity index is 179. The van der Waals surface area contributed by atoms with Gasteiger partial charge in [-0.25, -0.2) is 0 Å². The van der Waals surface area contributed by atoms with Crippen molar-refractivity contribution in [2.45, 2.75) is 63.0 Å². The Kier molecular flexibility index (Phi) is 8.55. The highest BCUT2D eigenvalue weighted by Gasteiger charge is 2.41. The molecule has 0 aromatic rings. The molecule has 2 atom stereocenters. The van der Waals surface area contributed by atoms with Crippen LogP contribution in [0, 0.1) is 0 Å². The summed E-state index contributed by atoms with van der Waals surface area (Å²) in [5.74, 6) is 0. The van der Waals surface area contributed by atoms with Crippen LogP contribution in [0.5, 0.6) is 0 Å². The van der Waals surface area contributed by atoms with Crippen LogP contribution in [0.2, 0.25) is 12.1 Å². The Morgan fingerprint density at radius 1 is 1.19 bits per heavy atom. The molecule has 0 fully saturated rings. The molecule has 0 aliphatic carbocycles. The number of hydrogen-bond donors (Lipinski definition) is 0. The molecule has 0 aliphatic rings. The second-order valence-electron chi connectivity index (χ2n) is 4.11. The Hall–Kier alpha value is 0.907. The molecule has 0 saturated heterocycles. The second kappa shape index (κ2) is 8.09. The van der Waals surface area contributed by atoms with E-state index in [-0.39, 0.29) is 0 Å². The monoisotopic (exact) mass is 330 g/mol. The topological polar surface area (TPSA) is 18.5 Å². The van der Waals surface area contributed by atoms with Gasteiger partial charge in [0.1, 0.15) is 0 Å². The fourth-order valence-corrected chi connectivity index (χ4v) is 6.76. The summed E-state index contributed by atoms with van der Waals surface area (Å²) in [4.78, 5) is 0. The largest absolute Gasteiger partial charge is 0.394 e. The SMILES string of the molecule is CCCC[Si](CCC)(OCC)OC(C)(Cl)Br. The maximum Gasteiger partial charge on any atom is 0.340 e. The zero-order valence-electron chi connectivity index (χ0n) is 10.8. The zero-order valence-corrected chi connectivity index (χ0v) is 14.2. The van der Waals surface area contributed by atoms with Crippen molar-refractivity contribution in [3.63, 3.8) is 0 Å². The number of unbranched alkanes of at least 4 members (excludes halogenated alkanes) is 1. The van der Waals surface area contributed by atoms with Gasteiger partial charge in [0.15, 0.2) is 3.97 Å². The Labute approximate surface area is 114 Å². The van der Waals surface area contributed by atoms with Crippen molar-refractivity contribution in [1.29, 1.82) is 0 Å². The van der Waals surface area contributed by atoms with E-state index in [9.17, 15) is 0 Å². The lowest BCUT2D eigenvalue weighted by Gasteiger charge is -2.34. The van der Waals surface area contributed by atoms with Crippen molar-refractivity contribution in [3.8, 4) is 0 Å². The summed E-state index contributed by atoms with van der Waals surface area (Å²) in [5.41, 5.74) is 0. The van der Waals surface area contributed by atoms with E-state index in [0.717, 1.165) is 31.4 Å². The molecule has 0 saturated carbocycles. The van der Waals surface area contributed by atoms with E-state index in [1.54, 1.807) is 0 Å². The molecular formula is C11H24BrClO2Si. The van der Waals surface area contributed by atoms with Crippen molar-refractivity contribution >= 4 is 36.1 Å². The van der Waals surface area contributed by atoms with Gasteiger partial charge in [-0.2, -0.15) is 0 Å². The van der Waals surface area contributed by atoms with Crippen molar-refractivity contribution in [2.75, 3.05) is 6.61 Å². The Balaban J connectivity index is 4.62. The molecule has 0 heterocycles. The van der Waals surface area contributed by atoms with Gasteiger partial charge in [0, 0.05) is 6.61 Å². The molecular weight excluding hydrogens is 308 g/mol. The van der Waals surface area contributed by atoms with Gasteiger partial charge in [0.05, 0.1) is 0 Å². The third kappa shape index (κ3) is 7.28. The minimum atomic E-state index is -2.13. The summed E-state index contributed by atoms with van der Waals surface area (Å²) < 4.78 is 11.2. The lowest BCUT2D eigenvalue weighted by Crippen LogP contribution is -2.45. The zero-order chi connectivity index (χ0) is 12.7. The molecule has 2 unspecified atom stereocenters. The van der Waals surface area contributed by atoms with Crippen LogP contribution in [-0.2, 0) is 8.85 Å². The van der Waals surface area contributed by atoms with Crippen molar-refractivity contribution in [1.82, 2.24) is 0 Å². The van der Waals surface area contributed by atoms with Gasteiger partial charge in [-0.3, -0.25) is 0 Å². The van der Waals surface area contributed by atoms with E-state index < -0.39 is 12.5 Å². The molecule has 0 rings (SSSR count). The molecule has 98 valence electrons. The van der Waals surface area contributed by atoms with Gasteiger partial charge in [0.25, 0.3) is 0 Å². The molecule has 0 amide bonds. The molecule has 0 spiro atoms. The molecule has 0 N–H and O–H groups in total. The van der Waals surface area contributed by atoms with Crippen molar-refractivity contribution in [3.05, 3.63) is 0 Å². The summed E-state index contributed by atoms with van der Waals surface area (Å²) in [6.07, 6.45) is 3.39. The van der Waals surface area contributed by atoms with E-state index in [0.29, 0.717) is 6.61 Å². The lowest BCUT2D eigenvalue weighted by atomic mass is 10.4. The predicted molar refractivity (Wildman–Crippen MR) is 76.5 cm³/mol. The molecule has 5 heteroatoms. The van der Waals surface area contributed by atoms with E-state index in [4.69, 9.17) is 20.5 Å². The number of alkyl halides is 2. The summed E-state index contributed by atoms with van der Waals surface area (Å²) in [6, 6.07) is 2.04. The molecule has 0 aliphatic heterocycles. The van der Waals surface area contributed by atoms with Crippen LogP contribution in [0.1, 0.15) is 47.0 Å². The highest BCUT2D eigenvalue weighted by atomic mass is 79.9. The molecule has 0 aromatic carbocycles. The molecule has 16 heavy (non-hydrogen) atoms. The maximum atomic E-state index is 6.12. The molecule has 0 radical (unpaired) electrons. The van der Waals surface area contributed by atoms with Crippen LogP contribution in [0.25, 0.3) is 0 Å². The smallest absolute Gasteiger partial charge is 0.340 e. The normalized spacial score (nSPS) is 19.1. The number of halogens is 2. The van der Waals surface area contributed by atoms with Gasteiger partial charge in [0.2, 0.25) is 0 Å². The Morgan fingerprint density at radius 2 is 1.81 bits per heavy atom. The van der Waals surface area contributed by atoms with Crippen LogP contribution in [0.4, 0.5) is 0 Å².